The number of amides is 1. The number of hydrogen-bond donors (Lipinski definition) is 3. The second-order valence-corrected chi connectivity index (χ2v) is 4.92. The highest BCUT2D eigenvalue weighted by molar-refractivity contribution is 7.09. The van der Waals surface area contributed by atoms with Crippen molar-refractivity contribution in [3.05, 3.63) is 52.0 Å². The molecule has 4 nitrogen and oxygen atoms in total. The van der Waals surface area contributed by atoms with Crippen LogP contribution < -0.4 is 16.6 Å². The van der Waals surface area contributed by atoms with Gasteiger partial charge in [-0.1, -0.05) is 12.1 Å². The average molecular weight is 279 g/mol. The van der Waals surface area contributed by atoms with Gasteiger partial charge in [-0.05, 0) is 30.0 Å². The highest BCUT2D eigenvalue weighted by atomic mass is 32.1. The number of thiophene rings is 1. The maximum Gasteiger partial charge on any atom is 0.253 e. The van der Waals surface area contributed by atoms with Crippen molar-refractivity contribution in [3.63, 3.8) is 0 Å². The third-order valence-corrected chi connectivity index (χ3v) is 3.58. The van der Waals surface area contributed by atoms with E-state index in [1.165, 1.54) is 23.1 Å². The molecule has 0 aliphatic heterocycles. The van der Waals surface area contributed by atoms with E-state index in [-0.39, 0.29) is 17.2 Å². The first-order valence-electron chi connectivity index (χ1n) is 5.78. The fraction of sp³-hybridized carbons (Fsp3) is 0.154. The molecule has 0 unspecified atom stereocenters. The van der Waals surface area contributed by atoms with Gasteiger partial charge < -0.3 is 10.7 Å². The van der Waals surface area contributed by atoms with Crippen molar-refractivity contribution in [2.75, 3.05) is 12.0 Å². The predicted octanol–water partition coefficient (Wildman–Crippen LogP) is 2.15. The fourth-order valence-corrected chi connectivity index (χ4v) is 2.42. The second-order valence-electron chi connectivity index (χ2n) is 3.89. The Morgan fingerprint density at radius 3 is 2.84 bits per heavy atom. The number of para-hydroxylation sites is 1. The zero-order chi connectivity index (χ0) is 13.7. The van der Waals surface area contributed by atoms with Gasteiger partial charge >= 0.3 is 0 Å². The molecule has 2 aromatic rings. The minimum absolute atomic E-state index is 0.0103. The molecule has 19 heavy (non-hydrogen) atoms. The Morgan fingerprint density at radius 2 is 2.16 bits per heavy atom. The van der Waals surface area contributed by atoms with Gasteiger partial charge in [0.05, 0.1) is 11.3 Å². The molecule has 0 saturated heterocycles. The first-order chi connectivity index (χ1) is 9.22. The lowest BCUT2D eigenvalue weighted by Crippen LogP contribution is -2.27. The second kappa shape index (κ2) is 6.31. The van der Waals surface area contributed by atoms with Gasteiger partial charge in [-0.3, -0.25) is 10.6 Å². The Hall–Kier alpha value is -1.92. The summed E-state index contributed by atoms with van der Waals surface area (Å²) in [4.78, 5) is 13.1. The SMILES string of the molecule is NNc1c(F)cccc1C(=O)NCCc1cccs1. The van der Waals surface area contributed by atoms with Crippen LogP contribution >= 0.6 is 11.3 Å². The lowest BCUT2D eigenvalue weighted by atomic mass is 10.1. The smallest absolute Gasteiger partial charge is 0.253 e. The summed E-state index contributed by atoms with van der Waals surface area (Å²) >= 11 is 1.64. The molecule has 4 N–H and O–H groups in total. The van der Waals surface area contributed by atoms with Gasteiger partial charge in [0.25, 0.3) is 5.91 Å². The summed E-state index contributed by atoms with van der Waals surface area (Å²) in [5.74, 6) is 4.34. The zero-order valence-corrected chi connectivity index (χ0v) is 11.0. The van der Waals surface area contributed by atoms with E-state index in [1.807, 2.05) is 17.5 Å². The summed E-state index contributed by atoms with van der Waals surface area (Å²) in [7, 11) is 0. The average Bonchev–Trinajstić information content (AvgIpc) is 2.91. The topological polar surface area (TPSA) is 67.1 Å². The van der Waals surface area contributed by atoms with E-state index in [1.54, 1.807) is 11.3 Å². The van der Waals surface area contributed by atoms with Crippen molar-refractivity contribution in [3.8, 4) is 0 Å². The van der Waals surface area contributed by atoms with Crippen molar-refractivity contribution < 1.29 is 9.18 Å². The van der Waals surface area contributed by atoms with Crippen LogP contribution in [0.5, 0.6) is 0 Å². The molecular weight excluding hydrogens is 265 g/mol. The van der Waals surface area contributed by atoms with Gasteiger partial charge in [0.2, 0.25) is 0 Å². The molecule has 100 valence electrons. The molecule has 1 heterocycles. The summed E-state index contributed by atoms with van der Waals surface area (Å²) in [6, 6.07) is 8.22. The molecule has 0 atom stereocenters. The normalized spacial score (nSPS) is 10.2. The molecule has 0 saturated carbocycles. The number of carbonyl (C=O) groups excluding carboxylic acids is 1. The number of benzene rings is 1. The largest absolute Gasteiger partial charge is 0.352 e. The molecule has 0 aliphatic rings. The van der Waals surface area contributed by atoms with E-state index in [0.717, 1.165) is 6.42 Å². The molecule has 1 aromatic carbocycles. The summed E-state index contributed by atoms with van der Waals surface area (Å²) in [5, 5.41) is 4.73. The molecule has 0 bridgehead atoms. The number of halogens is 1. The van der Waals surface area contributed by atoms with Crippen molar-refractivity contribution in [2.45, 2.75) is 6.42 Å². The molecular formula is C13H14FN3OS. The number of hydrazine groups is 1. The van der Waals surface area contributed by atoms with Gasteiger partial charge in [0, 0.05) is 11.4 Å². The number of nitrogens with two attached hydrogens (primary N) is 1. The summed E-state index contributed by atoms with van der Waals surface area (Å²) in [5.41, 5.74) is 2.43. The van der Waals surface area contributed by atoms with E-state index in [9.17, 15) is 9.18 Å². The Bertz CT molecular complexity index is 557. The van der Waals surface area contributed by atoms with Crippen molar-refractivity contribution in [2.24, 2.45) is 5.84 Å². The van der Waals surface area contributed by atoms with E-state index >= 15 is 0 Å². The number of anilines is 1. The first kappa shape index (κ1) is 13.5. The predicted molar refractivity (Wildman–Crippen MR) is 74.6 cm³/mol. The Labute approximate surface area is 114 Å². The lowest BCUT2D eigenvalue weighted by Gasteiger charge is -2.10. The number of carbonyl (C=O) groups is 1. The van der Waals surface area contributed by atoms with Crippen LogP contribution in [0.1, 0.15) is 15.2 Å². The molecule has 0 spiro atoms. The number of hydrogen-bond acceptors (Lipinski definition) is 4. The molecule has 1 aromatic heterocycles. The Kier molecular flexibility index (Phi) is 4.48. The van der Waals surface area contributed by atoms with Crippen LogP contribution in [0.25, 0.3) is 0 Å². The van der Waals surface area contributed by atoms with Crippen LogP contribution in [0.2, 0.25) is 0 Å². The van der Waals surface area contributed by atoms with Crippen LogP contribution in [0.4, 0.5) is 10.1 Å². The number of rotatable bonds is 5. The van der Waals surface area contributed by atoms with E-state index in [0.29, 0.717) is 6.54 Å². The molecule has 0 aliphatic carbocycles. The third kappa shape index (κ3) is 3.30. The molecule has 6 heteroatoms. The van der Waals surface area contributed by atoms with Crippen molar-refractivity contribution >= 4 is 22.9 Å². The van der Waals surface area contributed by atoms with Crippen LogP contribution in [0, 0.1) is 5.82 Å². The molecule has 1 amide bonds. The highest BCUT2D eigenvalue weighted by Crippen LogP contribution is 2.18. The third-order valence-electron chi connectivity index (χ3n) is 2.64. The Balaban J connectivity index is 1.98. The van der Waals surface area contributed by atoms with Crippen molar-refractivity contribution in [1.29, 1.82) is 0 Å². The molecule has 0 fully saturated rings. The minimum Gasteiger partial charge on any atom is -0.352 e. The fourth-order valence-electron chi connectivity index (χ4n) is 1.71. The van der Waals surface area contributed by atoms with Crippen LogP contribution in [0.3, 0.4) is 0 Å². The molecule has 0 radical (unpaired) electrons. The van der Waals surface area contributed by atoms with E-state index < -0.39 is 5.82 Å². The monoisotopic (exact) mass is 279 g/mol. The van der Waals surface area contributed by atoms with E-state index in [2.05, 4.69) is 10.7 Å². The van der Waals surface area contributed by atoms with Gasteiger partial charge in [0.1, 0.15) is 5.82 Å². The standard InChI is InChI=1S/C13H14FN3OS/c14-11-5-1-4-10(12(11)17-15)13(18)16-7-6-9-3-2-8-19-9/h1-5,8,17H,6-7,15H2,(H,16,18). The number of nitrogen functional groups attached to an aromatic ring is 1. The van der Waals surface area contributed by atoms with Gasteiger partial charge in [-0.15, -0.1) is 11.3 Å². The van der Waals surface area contributed by atoms with Gasteiger partial charge in [-0.25, -0.2) is 4.39 Å². The van der Waals surface area contributed by atoms with Crippen LogP contribution in [-0.2, 0) is 6.42 Å². The molecule has 2 rings (SSSR count). The van der Waals surface area contributed by atoms with Crippen LogP contribution in [-0.4, -0.2) is 12.5 Å². The van der Waals surface area contributed by atoms with Gasteiger partial charge in [-0.2, -0.15) is 0 Å². The summed E-state index contributed by atoms with van der Waals surface area (Å²) < 4.78 is 13.4. The highest BCUT2D eigenvalue weighted by Gasteiger charge is 2.13. The maximum absolute atomic E-state index is 13.4. The first-order valence-corrected chi connectivity index (χ1v) is 6.66. The summed E-state index contributed by atoms with van der Waals surface area (Å²) in [6.45, 7) is 0.500. The lowest BCUT2D eigenvalue weighted by molar-refractivity contribution is 0.0954. The van der Waals surface area contributed by atoms with Crippen LogP contribution in [0.15, 0.2) is 35.7 Å². The zero-order valence-electron chi connectivity index (χ0n) is 10.2. The Morgan fingerprint density at radius 1 is 1.32 bits per heavy atom. The maximum atomic E-state index is 13.4. The summed E-state index contributed by atoms with van der Waals surface area (Å²) in [6.07, 6.45) is 0.754. The van der Waals surface area contributed by atoms with E-state index in [4.69, 9.17) is 5.84 Å². The van der Waals surface area contributed by atoms with Crippen molar-refractivity contribution in [1.82, 2.24) is 5.32 Å². The quantitative estimate of drug-likeness (QED) is 0.580. The van der Waals surface area contributed by atoms with Gasteiger partial charge in [0.15, 0.2) is 0 Å². The number of nitrogens with one attached hydrogen (secondary N) is 2. The minimum atomic E-state index is -0.548.